The predicted molar refractivity (Wildman–Crippen MR) is 52.8 cm³/mol. The molecule has 2 rings (SSSR count). The van der Waals surface area contributed by atoms with Gasteiger partial charge >= 0.3 is 0 Å². The summed E-state index contributed by atoms with van der Waals surface area (Å²) in [6, 6.07) is 2.04. The molecule has 1 N–H and O–H groups in total. The number of thiazole rings is 1. The van der Waals surface area contributed by atoms with Crippen LogP contribution < -0.4 is 5.32 Å². The maximum absolute atomic E-state index is 11.6. The lowest BCUT2D eigenvalue weighted by Gasteiger charge is -2.03. The fourth-order valence-corrected chi connectivity index (χ4v) is 1.83. The first-order chi connectivity index (χ1) is 6.66. The van der Waals surface area contributed by atoms with E-state index < -0.39 is 5.41 Å². The van der Waals surface area contributed by atoms with Crippen molar-refractivity contribution in [2.75, 3.05) is 5.32 Å². The van der Waals surface area contributed by atoms with Gasteiger partial charge in [0.2, 0.25) is 5.91 Å². The topological polar surface area (TPSA) is 65.8 Å². The van der Waals surface area contributed by atoms with Crippen LogP contribution in [0.15, 0.2) is 5.38 Å². The van der Waals surface area contributed by atoms with Crippen LogP contribution in [0.1, 0.15) is 18.5 Å². The first-order valence-electron chi connectivity index (χ1n) is 4.31. The van der Waals surface area contributed by atoms with Gasteiger partial charge in [-0.1, -0.05) is 0 Å². The Morgan fingerprint density at radius 1 is 1.79 bits per heavy atom. The van der Waals surface area contributed by atoms with Crippen molar-refractivity contribution in [3.8, 4) is 6.07 Å². The number of carbonyl (C=O) groups excluding carboxylic acids is 1. The number of rotatable bonds is 2. The van der Waals surface area contributed by atoms with Crippen LogP contribution in [0, 0.1) is 23.7 Å². The third-order valence-corrected chi connectivity index (χ3v) is 3.11. The third kappa shape index (κ3) is 1.49. The molecule has 0 aliphatic heterocycles. The fraction of sp³-hybridized carbons (Fsp3) is 0.444. The quantitative estimate of drug-likeness (QED) is 0.802. The number of nitriles is 1. The molecule has 1 aromatic rings. The van der Waals surface area contributed by atoms with Crippen molar-refractivity contribution in [2.45, 2.75) is 19.8 Å². The standard InChI is InChI=1S/C9H9N3OS/c1-6-4-14-8(11-6)12-7(13)9(5-10)2-3-9/h4H,2-3H2,1H3,(H,11,12,13). The Morgan fingerprint density at radius 3 is 2.93 bits per heavy atom. The summed E-state index contributed by atoms with van der Waals surface area (Å²) in [6.45, 7) is 1.86. The third-order valence-electron chi connectivity index (χ3n) is 2.24. The highest BCUT2D eigenvalue weighted by atomic mass is 32.1. The summed E-state index contributed by atoms with van der Waals surface area (Å²) < 4.78 is 0. The van der Waals surface area contributed by atoms with E-state index in [1.807, 2.05) is 18.4 Å². The number of nitrogens with one attached hydrogen (secondary N) is 1. The van der Waals surface area contributed by atoms with E-state index in [9.17, 15) is 4.79 Å². The first kappa shape index (κ1) is 9.16. The van der Waals surface area contributed by atoms with Gasteiger partial charge in [-0.15, -0.1) is 11.3 Å². The number of aromatic nitrogens is 1. The van der Waals surface area contributed by atoms with Crippen molar-refractivity contribution in [1.82, 2.24) is 4.98 Å². The first-order valence-corrected chi connectivity index (χ1v) is 5.19. The molecule has 1 amide bonds. The number of amides is 1. The Kier molecular flexibility index (Phi) is 2.01. The molecule has 0 radical (unpaired) electrons. The molecule has 0 atom stereocenters. The highest BCUT2D eigenvalue weighted by Gasteiger charge is 2.50. The number of carbonyl (C=O) groups is 1. The number of anilines is 1. The lowest BCUT2D eigenvalue weighted by molar-refractivity contribution is -0.119. The molecule has 1 saturated carbocycles. The van der Waals surface area contributed by atoms with Crippen LogP contribution in [0.25, 0.3) is 0 Å². The summed E-state index contributed by atoms with van der Waals surface area (Å²) in [6.07, 6.45) is 1.33. The molecule has 1 aromatic heterocycles. The zero-order valence-electron chi connectivity index (χ0n) is 7.70. The zero-order chi connectivity index (χ0) is 10.2. The second-order valence-electron chi connectivity index (χ2n) is 3.44. The van der Waals surface area contributed by atoms with Gasteiger partial charge in [0.15, 0.2) is 5.13 Å². The van der Waals surface area contributed by atoms with Crippen molar-refractivity contribution in [2.24, 2.45) is 5.41 Å². The molecule has 5 heteroatoms. The van der Waals surface area contributed by atoms with Crippen LogP contribution in [0.5, 0.6) is 0 Å². The molecule has 1 fully saturated rings. The zero-order valence-corrected chi connectivity index (χ0v) is 8.52. The van der Waals surface area contributed by atoms with Crippen LogP contribution in [-0.4, -0.2) is 10.9 Å². The summed E-state index contributed by atoms with van der Waals surface area (Å²) in [4.78, 5) is 15.7. The highest BCUT2D eigenvalue weighted by molar-refractivity contribution is 7.13. The van der Waals surface area contributed by atoms with Crippen LogP contribution in [0.2, 0.25) is 0 Å². The van der Waals surface area contributed by atoms with E-state index in [0.717, 1.165) is 5.69 Å². The van der Waals surface area contributed by atoms with Crippen LogP contribution >= 0.6 is 11.3 Å². The fourth-order valence-electron chi connectivity index (χ4n) is 1.14. The van der Waals surface area contributed by atoms with E-state index in [2.05, 4.69) is 10.3 Å². The van der Waals surface area contributed by atoms with Crippen LogP contribution in [-0.2, 0) is 4.79 Å². The van der Waals surface area contributed by atoms with Crippen molar-refractivity contribution < 1.29 is 4.79 Å². The van der Waals surface area contributed by atoms with Crippen molar-refractivity contribution in [1.29, 1.82) is 5.26 Å². The summed E-state index contributed by atoms with van der Waals surface area (Å²) in [5, 5.41) is 13.9. The van der Waals surface area contributed by atoms with Crippen molar-refractivity contribution >= 4 is 22.4 Å². The predicted octanol–water partition coefficient (Wildman–Crippen LogP) is 1.69. The normalized spacial score (nSPS) is 17.1. The molecule has 4 nitrogen and oxygen atoms in total. The van der Waals surface area contributed by atoms with Gasteiger partial charge in [0, 0.05) is 5.38 Å². The van der Waals surface area contributed by atoms with E-state index in [1.54, 1.807) is 0 Å². The molecule has 1 aliphatic rings. The Balaban J connectivity index is 2.06. The summed E-state index contributed by atoms with van der Waals surface area (Å²) >= 11 is 1.38. The largest absolute Gasteiger partial charge is 0.301 e. The lowest BCUT2D eigenvalue weighted by Crippen LogP contribution is -2.22. The summed E-state index contributed by atoms with van der Waals surface area (Å²) in [5.74, 6) is -0.214. The number of hydrogen-bond acceptors (Lipinski definition) is 4. The second-order valence-corrected chi connectivity index (χ2v) is 4.30. The van der Waals surface area contributed by atoms with Crippen molar-refractivity contribution in [3.05, 3.63) is 11.1 Å². The lowest BCUT2D eigenvalue weighted by atomic mass is 10.1. The summed E-state index contributed by atoms with van der Waals surface area (Å²) in [5.41, 5.74) is 0.117. The van der Waals surface area contributed by atoms with Gasteiger partial charge in [0.25, 0.3) is 0 Å². The monoisotopic (exact) mass is 207 g/mol. The Morgan fingerprint density at radius 2 is 2.50 bits per heavy atom. The number of hydrogen-bond donors (Lipinski definition) is 1. The second kappa shape index (κ2) is 3.07. The molecule has 1 aliphatic carbocycles. The van der Waals surface area contributed by atoms with E-state index in [4.69, 9.17) is 5.26 Å². The molecular weight excluding hydrogens is 198 g/mol. The maximum Gasteiger partial charge on any atom is 0.246 e. The molecule has 0 spiro atoms. The van der Waals surface area contributed by atoms with Crippen LogP contribution in [0.4, 0.5) is 5.13 Å². The smallest absolute Gasteiger partial charge is 0.246 e. The molecular formula is C9H9N3OS. The van der Waals surface area contributed by atoms with Gasteiger partial charge in [-0.25, -0.2) is 4.98 Å². The van der Waals surface area contributed by atoms with Gasteiger partial charge in [-0.3, -0.25) is 4.79 Å². The van der Waals surface area contributed by atoms with Gasteiger partial charge in [0.05, 0.1) is 11.8 Å². The van der Waals surface area contributed by atoms with E-state index >= 15 is 0 Å². The average Bonchev–Trinajstić information content (AvgIpc) is 2.87. The molecule has 0 aromatic carbocycles. The van der Waals surface area contributed by atoms with Crippen molar-refractivity contribution in [3.63, 3.8) is 0 Å². The van der Waals surface area contributed by atoms with Gasteiger partial charge in [-0.2, -0.15) is 5.26 Å². The maximum atomic E-state index is 11.6. The minimum Gasteiger partial charge on any atom is -0.301 e. The minimum absolute atomic E-state index is 0.214. The Labute approximate surface area is 85.6 Å². The molecule has 72 valence electrons. The minimum atomic E-state index is -0.764. The summed E-state index contributed by atoms with van der Waals surface area (Å²) in [7, 11) is 0. The van der Waals surface area contributed by atoms with Gasteiger partial charge in [0.1, 0.15) is 5.41 Å². The SMILES string of the molecule is Cc1csc(NC(=O)C2(C#N)CC2)n1. The Hall–Kier alpha value is -1.41. The van der Waals surface area contributed by atoms with Gasteiger partial charge in [-0.05, 0) is 19.8 Å². The van der Waals surface area contributed by atoms with E-state index in [0.29, 0.717) is 18.0 Å². The number of nitrogens with zero attached hydrogens (tertiary/aromatic N) is 2. The van der Waals surface area contributed by atoms with Gasteiger partial charge < -0.3 is 5.32 Å². The van der Waals surface area contributed by atoms with Crippen LogP contribution in [0.3, 0.4) is 0 Å². The molecule has 0 unspecified atom stereocenters. The Bertz CT molecular complexity index is 414. The number of aryl methyl sites for hydroxylation is 1. The van der Waals surface area contributed by atoms with E-state index in [-0.39, 0.29) is 5.91 Å². The molecule has 0 saturated heterocycles. The molecule has 14 heavy (non-hydrogen) atoms. The molecule has 0 bridgehead atoms. The molecule has 1 heterocycles. The average molecular weight is 207 g/mol. The van der Waals surface area contributed by atoms with E-state index in [1.165, 1.54) is 11.3 Å². The highest BCUT2D eigenvalue weighted by Crippen LogP contribution is 2.45.